The van der Waals surface area contributed by atoms with Crippen LogP contribution >= 0.6 is 15.9 Å². The molecule has 0 saturated heterocycles. The van der Waals surface area contributed by atoms with Crippen molar-refractivity contribution >= 4 is 31.6 Å². The quantitative estimate of drug-likeness (QED) is 0.413. The zero-order valence-electron chi connectivity index (χ0n) is 10.2. The van der Waals surface area contributed by atoms with Crippen LogP contribution in [0.1, 0.15) is 0 Å². The number of nitrogens with one attached hydrogen (secondary N) is 1. The van der Waals surface area contributed by atoms with Crippen molar-refractivity contribution < 1.29 is 28.1 Å². The van der Waals surface area contributed by atoms with E-state index in [1.807, 2.05) is 4.72 Å². The molecule has 0 aliphatic heterocycles. The number of anilines is 1. The maximum absolute atomic E-state index is 13.2. The number of sulfonamides is 1. The Morgan fingerprint density at radius 3 is 2.20 bits per heavy atom. The summed E-state index contributed by atoms with van der Waals surface area (Å²) in [4.78, 5) is -0.379. The molecule has 0 fully saturated rings. The lowest BCUT2D eigenvalue weighted by Crippen LogP contribution is -2.56. The van der Waals surface area contributed by atoms with E-state index >= 15 is 0 Å². The van der Waals surface area contributed by atoms with Gasteiger partial charge in [-0.3, -0.25) is 0 Å². The molecule has 1 aromatic carbocycles. The van der Waals surface area contributed by atoms with Gasteiger partial charge in [0.25, 0.3) is 0 Å². The Labute approximate surface area is 123 Å². The molecule has 10 heteroatoms. The molecular formula is C10H14BrFN2O5S. The summed E-state index contributed by atoms with van der Waals surface area (Å²) in [7, 11) is -4.25. The second kappa shape index (κ2) is 6.33. The monoisotopic (exact) mass is 372 g/mol. The van der Waals surface area contributed by atoms with Gasteiger partial charge in [-0.2, -0.15) is 4.72 Å². The smallest absolute Gasteiger partial charge is 0.242 e. The average Bonchev–Trinajstić information content (AvgIpc) is 2.40. The molecule has 1 rings (SSSR count). The van der Waals surface area contributed by atoms with Gasteiger partial charge < -0.3 is 21.1 Å². The summed E-state index contributed by atoms with van der Waals surface area (Å²) in [6.07, 6.45) is 0. The van der Waals surface area contributed by atoms with Crippen LogP contribution in [-0.4, -0.2) is 49.1 Å². The summed E-state index contributed by atoms with van der Waals surface area (Å²) in [6.45, 7) is -2.48. The van der Waals surface area contributed by atoms with E-state index in [1.165, 1.54) is 0 Å². The Morgan fingerprint density at radius 2 is 1.75 bits per heavy atom. The number of aliphatic hydroxyl groups excluding tert-OH is 3. The lowest BCUT2D eigenvalue weighted by molar-refractivity contribution is 0.0582. The summed E-state index contributed by atoms with van der Waals surface area (Å²) in [5.74, 6) is -0.798. The molecule has 7 nitrogen and oxygen atoms in total. The van der Waals surface area contributed by atoms with E-state index in [0.717, 1.165) is 12.1 Å². The molecule has 0 heterocycles. The minimum atomic E-state index is -4.25. The van der Waals surface area contributed by atoms with Crippen molar-refractivity contribution in [3.8, 4) is 0 Å². The molecule has 0 bridgehead atoms. The second-order valence-corrected chi connectivity index (χ2v) is 6.67. The first kappa shape index (κ1) is 17.3. The maximum Gasteiger partial charge on any atom is 0.242 e. The van der Waals surface area contributed by atoms with Crippen molar-refractivity contribution in [2.24, 2.45) is 0 Å². The Hall–Kier alpha value is -0.780. The van der Waals surface area contributed by atoms with E-state index in [4.69, 9.17) is 21.1 Å². The first-order valence-electron chi connectivity index (χ1n) is 5.32. The van der Waals surface area contributed by atoms with Crippen molar-refractivity contribution in [2.45, 2.75) is 10.4 Å². The Balaban J connectivity index is 3.28. The van der Waals surface area contributed by atoms with Crippen LogP contribution in [0.2, 0.25) is 0 Å². The van der Waals surface area contributed by atoms with Gasteiger partial charge >= 0.3 is 0 Å². The fraction of sp³-hybridized carbons (Fsp3) is 0.400. The Bertz CT molecular complexity index is 583. The molecule has 0 aromatic heterocycles. The maximum atomic E-state index is 13.2. The van der Waals surface area contributed by atoms with Crippen LogP contribution in [0.15, 0.2) is 21.5 Å². The predicted octanol–water partition coefficient (Wildman–Crippen LogP) is -0.836. The van der Waals surface area contributed by atoms with Crippen molar-refractivity contribution in [3.05, 3.63) is 22.4 Å². The van der Waals surface area contributed by atoms with Gasteiger partial charge in [-0.05, 0) is 28.1 Å². The van der Waals surface area contributed by atoms with Gasteiger partial charge in [0, 0.05) is 4.47 Å². The van der Waals surface area contributed by atoms with Gasteiger partial charge in [0.15, 0.2) is 0 Å². The molecule has 20 heavy (non-hydrogen) atoms. The number of aliphatic hydroxyl groups is 3. The highest BCUT2D eigenvalue weighted by atomic mass is 79.9. The molecule has 114 valence electrons. The number of nitrogen functional groups attached to an aromatic ring is 1. The summed E-state index contributed by atoms with van der Waals surface area (Å²) in [5.41, 5.74) is 3.10. The van der Waals surface area contributed by atoms with Crippen molar-refractivity contribution in [1.82, 2.24) is 4.72 Å². The molecule has 0 atom stereocenters. The highest BCUT2D eigenvalue weighted by Gasteiger charge is 2.35. The summed E-state index contributed by atoms with van der Waals surface area (Å²) in [5, 5.41) is 27.3. The largest absolute Gasteiger partial charge is 0.396 e. The molecule has 6 N–H and O–H groups in total. The third-order valence-electron chi connectivity index (χ3n) is 2.60. The van der Waals surface area contributed by atoms with Crippen molar-refractivity contribution in [2.75, 3.05) is 25.6 Å². The van der Waals surface area contributed by atoms with E-state index in [9.17, 15) is 12.8 Å². The highest BCUT2D eigenvalue weighted by molar-refractivity contribution is 9.10. The first-order valence-corrected chi connectivity index (χ1v) is 7.60. The fourth-order valence-corrected chi connectivity index (χ4v) is 3.76. The van der Waals surface area contributed by atoms with Gasteiger partial charge in [-0.15, -0.1) is 0 Å². The molecule has 0 aliphatic rings. The van der Waals surface area contributed by atoms with Crippen LogP contribution in [0.5, 0.6) is 0 Å². The summed E-state index contributed by atoms with van der Waals surface area (Å²) < 4.78 is 39.4. The third-order valence-corrected chi connectivity index (χ3v) is 5.14. The second-order valence-electron chi connectivity index (χ2n) is 4.16. The van der Waals surface area contributed by atoms with E-state index in [0.29, 0.717) is 0 Å². The van der Waals surface area contributed by atoms with Gasteiger partial charge in [-0.1, -0.05) is 0 Å². The van der Waals surface area contributed by atoms with Crippen LogP contribution in [0.3, 0.4) is 0 Å². The molecule has 0 radical (unpaired) electrons. The van der Waals surface area contributed by atoms with Crippen LogP contribution in [0.4, 0.5) is 10.1 Å². The topological polar surface area (TPSA) is 133 Å². The molecule has 0 saturated carbocycles. The number of benzene rings is 1. The van der Waals surface area contributed by atoms with Crippen LogP contribution in [-0.2, 0) is 10.0 Å². The van der Waals surface area contributed by atoms with Crippen LogP contribution in [0.25, 0.3) is 0 Å². The van der Waals surface area contributed by atoms with Crippen molar-refractivity contribution in [1.29, 1.82) is 0 Å². The Morgan fingerprint density at radius 1 is 1.25 bits per heavy atom. The minimum Gasteiger partial charge on any atom is -0.396 e. The SMILES string of the molecule is Nc1cc(S(=O)(=O)NC(CO)(CO)CO)c(Br)cc1F. The Kier molecular flexibility index (Phi) is 5.46. The zero-order valence-corrected chi connectivity index (χ0v) is 12.6. The summed E-state index contributed by atoms with van der Waals surface area (Å²) in [6, 6.07) is 1.76. The molecule has 0 spiro atoms. The van der Waals surface area contributed by atoms with Gasteiger partial charge in [0.1, 0.15) is 11.4 Å². The lowest BCUT2D eigenvalue weighted by Gasteiger charge is -2.28. The van der Waals surface area contributed by atoms with Crippen molar-refractivity contribution in [3.63, 3.8) is 0 Å². The lowest BCUT2D eigenvalue weighted by atomic mass is 10.1. The van der Waals surface area contributed by atoms with Gasteiger partial charge in [0.05, 0.1) is 30.4 Å². The van der Waals surface area contributed by atoms with Gasteiger partial charge in [0.2, 0.25) is 10.0 Å². The summed E-state index contributed by atoms with van der Waals surface area (Å²) >= 11 is 2.89. The molecule has 0 aliphatic carbocycles. The molecular weight excluding hydrogens is 359 g/mol. The number of hydrogen-bond donors (Lipinski definition) is 5. The van der Waals surface area contributed by atoms with E-state index in [2.05, 4.69) is 15.9 Å². The number of nitrogens with two attached hydrogens (primary N) is 1. The predicted molar refractivity (Wildman–Crippen MR) is 72.8 cm³/mol. The van der Waals surface area contributed by atoms with Crippen LogP contribution in [0, 0.1) is 5.82 Å². The average molecular weight is 373 g/mol. The zero-order chi connectivity index (χ0) is 15.6. The van der Waals surface area contributed by atoms with Crippen LogP contribution < -0.4 is 10.5 Å². The van der Waals surface area contributed by atoms with E-state index in [1.54, 1.807) is 0 Å². The number of hydrogen-bond acceptors (Lipinski definition) is 6. The third kappa shape index (κ3) is 3.45. The van der Waals surface area contributed by atoms with E-state index in [-0.39, 0.29) is 15.1 Å². The molecule has 0 amide bonds. The number of halogens is 2. The van der Waals surface area contributed by atoms with E-state index < -0.39 is 41.2 Å². The minimum absolute atomic E-state index is 0.0839. The van der Waals surface area contributed by atoms with Gasteiger partial charge in [-0.25, -0.2) is 12.8 Å². The number of rotatable bonds is 6. The highest BCUT2D eigenvalue weighted by Crippen LogP contribution is 2.27. The first-order chi connectivity index (χ1) is 9.21. The fourth-order valence-electron chi connectivity index (χ4n) is 1.34. The molecule has 0 unspecified atom stereocenters. The molecule has 1 aromatic rings. The standard InChI is InChI=1S/C10H14BrFN2O5S/c11-6-1-7(12)8(13)2-9(6)20(18,19)14-10(3-15,4-16)5-17/h1-2,14-17H,3-5,13H2. The normalized spacial score (nSPS) is 12.7.